The molecule has 0 bridgehead atoms. The summed E-state index contributed by atoms with van der Waals surface area (Å²) in [6.07, 6.45) is 6.30. The summed E-state index contributed by atoms with van der Waals surface area (Å²) in [5.74, 6) is -0.826. The normalized spacial score (nSPS) is 29.2. The van der Waals surface area contributed by atoms with Crippen LogP contribution in [0.3, 0.4) is 0 Å². The molecule has 1 aliphatic carbocycles. The molecule has 114 valence electrons. The minimum atomic E-state index is -0.826. The summed E-state index contributed by atoms with van der Waals surface area (Å²) in [4.78, 5) is 25.0. The van der Waals surface area contributed by atoms with Crippen LogP contribution in [-0.4, -0.2) is 40.6 Å². The van der Waals surface area contributed by atoms with Crippen LogP contribution in [0.15, 0.2) is 0 Å². The van der Waals surface area contributed by atoms with Gasteiger partial charge in [0.15, 0.2) is 0 Å². The first-order valence-corrected chi connectivity index (χ1v) is 7.69. The van der Waals surface area contributed by atoms with Crippen LogP contribution in [-0.2, 0) is 4.79 Å². The minimum absolute atomic E-state index is 0.0570. The van der Waals surface area contributed by atoms with Gasteiger partial charge >= 0.3 is 12.0 Å². The number of nitrogens with zero attached hydrogens (tertiary/aromatic N) is 1. The van der Waals surface area contributed by atoms with Crippen molar-refractivity contribution in [3.05, 3.63) is 0 Å². The molecule has 2 atom stereocenters. The average molecular weight is 282 g/mol. The Bertz CT molecular complexity index is 381. The highest BCUT2D eigenvalue weighted by atomic mass is 16.4. The largest absolute Gasteiger partial charge is 0.481 e. The van der Waals surface area contributed by atoms with Crippen LogP contribution < -0.4 is 5.32 Å². The van der Waals surface area contributed by atoms with Crippen molar-refractivity contribution in [1.82, 2.24) is 10.2 Å². The second kappa shape index (κ2) is 6.02. The Morgan fingerprint density at radius 2 is 2.00 bits per heavy atom. The van der Waals surface area contributed by atoms with E-state index in [4.69, 9.17) is 5.11 Å². The molecule has 2 aliphatic rings. The van der Waals surface area contributed by atoms with Gasteiger partial charge in [-0.1, -0.05) is 26.7 Å². The summed E-state index contributed by atoms with van der Waals surface area (Å²) in [7, 11) is 0. The molecule has 2 rings (SSSR count). The van der Waals surface area contributed by atoms with E-state index >= 15 is 0 Å². The summed E-state index contributed by atoms with van der Waals surface area (Å²) in [6, 6.07) is -0.0113. The van der Waals surface area contributed by atoms with Gasteiger partial charge in [0.2, 0.25) is 0 Å². The van der Waals surface area contributed by atoms with E-state index in [0.717, 1.165) is 32.1 Å². The number of hydrogen-bond donors (Lipinski definition) is 2. The number of hydrogen-bond acceptors (Lipinski definition) is 2. The summed E-state index contributed by atoms with van der Waals surface area (Å²) in [6.45, 7) is 5.09. The van der Waals surface area contributed by atoms with E-state index in [1.54, 1.807) is 4.90 Å². The van der Waals surface area contributed by atoms with Crippen LogP contribution in [0.5, 0.6) is 0 Å². The molecular formula is C15H26N2O3. The first-order valence-electron chi connectivity index (χ1n) is 7.69. The van der Waals surface area contributed by atoms with E-state index in [1.165, 1.54) is 6.42 Å². The summed E-state index contributed by atoms with van der Waals surface area (Å²) >= 11 is 0. The summed E-state index contributed by atoms with van der Waals surface area (Å²) < 4.78 is 0. The van der Waals surface area contributed by atoms with Gasteiger partial charge in [0, 0.05) is 18.6 Å². The van der Waals surface area contributed by atoms with Gasteiger partial charge in [0.05, 0.1) is 6.42 Å². The number of nitrogens with one attached hydrogen (secondary N) is 1. The molecule has 5 nitrogen and oxygen atoms in total. The van der Waals surface area contributed by atoms with Crippen LogP contribution in [0, 0.1) is 5.41 Å². The zero-order valence-electron chi connectivity index (χ0n) is 12.5. The van der Waals surface area contributed by atoms with Crippen molar-refractivity contribution >= 4 is 12.0 Å². The zero-order chi connectivity index (χ0) is 14.8. The molecule has 1 heterocycles. The lowest BCUT2D eigenvalue weighted by molar-refractivity contribution is -0.137. The number of carboxylic acids is 1. The highest BCUT2D eigenvalue weighted by molar-refractivity contribution is 5.76. The highest BCUT2D eigenvalue weighted by Gasteiger charge is 2.36. The van der Waals surface area contributed by atoms with Crippen molar-refractivity contribution in [2.75, 3.05) is 6.54 Å². The van der Waals surface area contributed by atoms with E-state index in [9.17, 15) is 9.59 Å². The Kier molecular flexibility index (Phi) is 4.55. The van der Waals surface area contributed by atoms with Crippen molar-refractivity contribution in [1.29, 1.82) is 0 Å². The molecule has 0 aromatic rings. The summed E-state index contributed by atoms with van der Waals surface area (Å²) in [5.41, 5.74) is 0.135. The molecule has 20 heavy (non-hydrogen) atoms. The zero-order valence-corrected chi connectivity index (χ0v) is 12.5. The molecule has 2 unspecified atom stereocenters. The van der Waals surface area contributed by atoms with Crippen LogP contribution in [0.2, 0.25) is 0 Å². The molecule has 0 spiro atoms. The molecule has 2 N–H and O–H groups in total. The first kappa shape index (κ1) is 15.1. The Balaban J connectivity index is 1.95. The second-order valence-electron chi connectivity index (χ2n) is 6.82. The van der Waals surface area contributed by atoms with Crippen molar-refractivity contribution in [3.63, 3.8) is 0 Å². The number of aliphatic carboxylic acids is 1. The van der Waals surface area contributed by atoms with Gasteiger partial charge in [-0.05, 0) is 31.1 Å². The van der Waals surface area contributed by atoms with Crippen LogP contribution >= 0.6 is 0 Å². The van der Waals surface area contributed by atoms with E-state index in [-0.39, 0.29) is 30.0 Å². The Morgan fingerprint density at radius 3 is 2.65 bits per heavy atom. The van der Waals surface area contributed by atoms with Crippen LogP contribution in [0.25, 0.3) is 0 Å². The predicted molar refractivity (Wildman–Crippen MR) is 76.5 cm³/mol. The molecule has 5 heteroatoms. The fraction of sp³-hybridized carbons (Fsp3) is 0.867. The third-order valence-electron chi connectivity index (χ3n) is 4.85. The van der Waals surface area contributed by atoms with E-state index in [2.05, 4.69) is 19.2 Å². The van der Waals surface area contributed by atoms with Crippen molar-refractivity contribution in [2.45, 2.75) is 70.9 Å². The lowest BCUT2D eigenvalue weighted by Crippen LogP contribution is -2.52. The average Bonchev–Trinajstić information content (AvgIpc) is 2.79. The van der Waals surface area contributed by atoms with Gasteiger partial charge in [-0.2, -0.15) is 0 Å². The number of likely N-dealkylation sites (tertiary alicyclic amines) is 1. The second-order valence-corrected chi connectivity index (χ2v) is 6.82. The lowest BCUT2D eigenvalue weighted by Gasteiger charge is -2.40. The van der Waals surface area contributed by atoms with Gasteiger partial charge in [0.25, 0.3) is 0 Å². The molecule has 1 aliphatic heterocycles. The molecule has 0 aromatic carbocycles. The predicted octanol–water partition coefficient (Wildman–Crippen LogP) is 2.60. The molecule has 1 saturated heterocycles. The fourth-order valence-electron chi connectivity index (χ4n) is 3.51. The Morgan fingerprint density at radius 1 is 1.25 bits per heavy atom. The topological polar surface area (TPSA) is 69.6 Å². The van der Waals surface area contributed by atoms with Gasteiger partial charge in [0.1, 0.15) is 0 Å². The third-order valence-corrected chi connectivity index (χ3v) is 4.85. The maximum Gasteiger partial charge on any atom is 0.317 e. The van der Waals surface area contributed by atoms with Gasteiger partial charge in [-0.15, -0.1) is 0 Å². The van der Waals surface area contributed by atoms with E-state index < -0.39 is 5.97 Å². The van der Waals surface area contributed by atoms with Crippen molar-refractivity contribution in [3.8, 4) is 0 Å². The van der Waals surface area contributed by atoms with Crippen molar-refractivity contribution < 1.29 is 14.7 Å². The van der Waals surface area contributed by atoms with Crippen LogP contribution in [0.1, 0.15) is 58.8 Å². The number of amides is 2. The SMILES string of the molecule is CC1(C)CCCCC1NC(=O)N1CCCC1CC(=O)O. The number of urea groups is 1. The standard InChI is InChI=1S/C15H26N2O3/c1-15(2)8-4-3-7-12(15)16-14(20)17-9-5-6-11(17)10-13(18)19/h11-12H,3-10H2,1-2H3,(H,16,20)(H,18,19). The smallest absolute Gasteiger partial charge is 0.317 e. The lowest BCUT2D eigenvalue weighted by atomic mass is 9.73. The van der Waals surface area contributed by atoms with Gasteiger partial charge < -0.3 is 15.3 Å². The number of carboxylic acid groups (broad SMARTS) is 1. The fourth-order valence-corrected chi connectivity index (χ4v) is 3.51. The van der Waals surface area contributed by atoms with Gasteiger partial charge in [-0.25, -0.2) is 4.79 Å². The number of carbonyl (C=O) groups is 2. The Labute approximate surface area is 120 Å². The maximum atomic E-state index is 12.4. The van der Waals surface area contributed by atoms with E-state index in [1.807, 2.05) is 0 Å². The molecule has 1 saturated carbocycles. The summed E-state index contributed by atoms with van der Waals surface area (Å²) in [5, 5.41) is 12.1. The number of carbonyl (C=O) groups excluding carboxylic acids is 1. The van der Waals surface area contributed by atoms with Crippen molar-refractivity contribution in [2.24, 2.45) is 5.41 Å². The van der Waals surface area contributed by atoms with E-state index in [0.29, 0.717) is 6.54 Å². The highest BCUT2D eigenvalue weighted by Crippen LogP contribution is 2.35. The number of rotatable bonds is 3. The Hall–Kier alpha value is -1.26. The minimum Gasteiger partial charge on any atom is -0.481 e. The first-order chi connectivity index (χ1) is 9.40. The molecular weight excluding hydrogens is 256 g/mol. The quantitative estimate of drug-likeness (QED) is 0.836. The van der Waals surface area contributed by atoms with Crippen LogP contribution in [0.4, 0.5) is 4.79 Å². The molecule has 0 aromatic heterocycles. The third kappa shape index (κ3) is 3.44. The van der Waals surface area contributed by atoms with Gasteiger partial charge in [-0.3, -0.25) is 4.79 Å². The molecule has 2 amide bonds. The maximum absolute atomic E-state index is 12.4. The monoisotopic (exact) mass is 282 g/mol. The molecule has 0 radical (unpaired) electrons. The molecule has 2 fully saturated rings.